The van der Waals surface area contributed by atoms with Gasteiger partial charge in [0.05, 0.1) is 19.8 Å². The second-order valence-electron chi connectivity index (χ2n) is 4.42. The van der Waals surface area contributed by atoms with Gasteiger partial charge in [0.2, 0.25) is 0 Å². The van der Waals surface area contributed by atoms with Gasteiger partial charge in [-0.3, -0.25) is 4.90 Å². The highest BCUT2D eigenvalue weighted by atomic mass is 19.1. The van der Waals surface area contributed by atoms with Crippen LogP contribution < -0.4 is 10.5 Å². The van der Waals surface area contributed by atoms with Gasteiger partial charge in [-0.05, 0) is 18.2 Å². The lowest BCUT2D eigenvalue weighted by Gasteiger charge is -2.32. The number of benzene rings is 1. The van der Waals surface area contributed by atoms with Gasteiger partial charge in [-0.25, -0.2) is 4.39 Å². The van der Waals surface area contributed by atoms with Crippen molar-refractivity contribution in [2.75, 3.05) is 33.4 Å². The molecule has 1 aliphatic rings. The van der Waals surface area contributed by atoms with E-state index in [4.69, 9.17) is 15.2 Å². The van der Waals surface area contributed by atoms with Gasteiger partial charge in [0.1, 0.15) is 11.6 Å². The number of hydrogen-bond donors (Lipinski definition) is 1. The minimum absolute atomic E-state index is 0.0679. The van der Waals surface area contributed by atoms with E-state index in [9.17, 15) is 4.39 Å². The Hall–Kier alpha value is -1.17. The lowest BCUT2D eigenvalue weighted by atomic mass is 10.1. The molecule has 1 aromatic carbocycles. The molecule has 1 unspecified atom stereocenters. The minimum atomic E-state index is -0.241. The minimum Gasteiger partial charge on any atom is -0.496 e. The van der Waals surface area contributed by atoms with Crippen molar-refractivity contribution in [3.05, 3.63) is 29.6 Å². The highest BCUT2D eigenvalue weighted by Crippen LogP contribution is 2.21. The van der Waals surface area contributed by atoms with E-state index in [1.165, 1.54) is 12.1 Å². The standard InChI is InChI=1S/C13H19FN2O2/c1-17-13-3-2-11(14)6-10(13)8-16-4-5-18-12(7-15)9-16/h2-3,6,12H,4-5,7-9,15H2,1H3. The monoisotopic (exact) mass is 254 g/mol. The van der Waals surface area contributed by atoms with Gasteiger partial charge in [0, 0.05) is 31.7 Å². The highest BCUT2D eigenvalue weighted by Gasteiger charge is 2.20. The zero-order valence-corrected chi connectivity index (χ0v) is 10.6. The van der Waals surface area contributed by atoms with E-state index in [2.05, 4.69) is 4.90 Å². The van der Waals surface area contributed by atoms with Gasteiger partial charge < -0.3 is 15.2 Å². The van der Waals surface area contributed by atoms with Crippen LogP contribution in [0.25, 0.3) is 0 Å². The molecule has 0 spiro atoms. The molecule has 0 bridgehead atoms. The number of methoxy groups -OCH3 is 1. The Bertz CT molecular complexity index is 401. The van der Waals surface area contributed by atoms with E-state index >= 15 is 0 Å². The molecule has 4 nitrogen and oxygen atoms in total. The van der Waals surface area contributed by atoms with Crippen LogP contribution in [0.2, 0.25) is 0 Å². The number of morpholine rings is 1. The van der Waals surface area contributed by atoms with E-state index in [-0.39, 0.29) is 11.9 Å². The Labute approximate surface area is 106 Å². The number of rotatable bonds is 4. The molecule has 1 atom stereocenters. The van der Waals surface area contributed by atoms with E-state index in [0.717, 1.165) is 18.7 Å². The van der Waals surface area contributed by atoms with Gasteiger partial charge in [-0.1, -0.05) is 0 Å². The van der Waals surface area contributed by atoms with Crippen LogP contribution in [-0.4, -0.2) is 44.4 Å². The summed E-state index contributed by atoms with van der Waals surface area (Å²) in [5, 5.41) is 0. The lowest BCUT2D eigenvalue weighted by Crippen LogP contribution is -2.45. The summed E-state index contributed by atoms with van der Waals surface area (Å²) in [6.07, 6.45) is 0.0679. The van der Waals surface area contributed by atoms with Crippen LogP contribution in [0.15, 0.2) is 18.2 Å². The zero-order valence-electron chi connectivity index (χ0n) is 10.6. The van der Waals surface area contributed by atoms with Gasteiger partial charge in [-0.2, -0.15) is 0 Å². The molecule has 2 rings (SSSR count). The molecule has 5 heteroatoms. The maximum atomic E-state index is 13.3. The predicted octanol–water partition coefficient (Wildman–Crippen LogP) is 0.994. The van der Waals surface area contributed by atoms with Crippen molar-refractivity contribution in [1.29, 1.82) is 0 Å². The van der Waals surface area contributed by atoms with Crippen molar-refractivity contribution in [2.24, 2.45) is 5.73 Å². The summed E-state index contributed by atoms with van der Waals surface area (Å²) in [6.45, 7) is 3.43. The Morgan fingerprint density at radius 3 is 3.11 bits per heavy atom. The summed E-state index contributed by atoms with van der Waals surface area (Å²) in [6, 6.07) is 4.58. The number of nitrogens with zero attached hydrogens (tertiary/aromatic N) is 1. The predicted molar refractivity (Wildman–Crippen MR) is 67.0 cm³/mol. The lowest BCUT2D eigenvalue weighted by molar-refractivity contribution is -0.0262. The molecular weight excluding hydrogens is 235 g/mol. The molecule has 0 aliphatic carbocycles. The van der Waals surface area contributed by atoms with Crippen molar-refractivity contribution in [3.8, 4) is 5.75 Å². The topological polar surface area (TPSA) is 47.7 Å². The van der Waals surface area contributed by atoms with Crippen molar-refractivity contribution in [2.45, 2.75) is 12.6 Å². The van der Waals surface area contributed by atoms with Crippen LogP contribution in [0.1, 0.15) is 5.56 Å². The molecule has 0 saturated carbocycles. The Kier molecular flexibility index (Phi) is 4.52. The normalized spacial score (nSPS) is 20.9. The largest absolute Gasteiger partial charge is 0.496 e. The first kappa shape index (κ1) is 13.3. The van der Waals surface area contributed by atoms with E-state index < -0.39 is 0 Å². The second-order valence-corrected chi connectivity index (χ2v) is 4.42. The van der Waals surface area contributed by atoms with Crippen LogP contribution in [0.4, 0.5) is 4.39 Å². The third-order valence-electron chi connectivity index (χ3n) is 3.12. The summed E-state index contributed by atoms with van der Waals surface area (Å²) >= 11 is 0. The van der Waals surface area contributed by atoms with Crippen molar-refractivity contribution in [1.82, 2.24) is 4.90 Å². The maximum Gasteiger partial charge on any atom is 0.123 e. The van der Waals surface area contributed by atoms with Gasteiger partial charge in [-0.15, -0.1) is 0 Å². The Morgan fingerprint density at radius 2 is 2.39 bits per heavy atom. The third kappa shape index (κ3) is 3.19. The summed E-state index contributed by atoms with van der Waals surface area (Å²) in [7, 11) is 1.60. The molecule has 2 N–H and O–H groups in total. The van der Waals surface area contributed by atoms with Crippen LogP contribution in [0.3, 0.4) is 0 Å². The molecule has 0 amide bonds. The van der Waals surface area contributed by atoms with Crippen LogP contribution in [-0.2, 0) is 11.3 Å². The highest BCUT2D eigenvalue weighted by molar-refractivity contribution is 5.33. The molecule has 0 aromatic heterocycles. The quantitative estimate of drug-likeness (QED) is 0.870. The molecule has 18 heavy (non-hydrogen) atoms. The van der Waals surface area contributed by atoms with E-state index in [1.54, 1.807) is 13.2 Å². The van der Waals surface area contributed by atoms with Crippen LogP contribution in [0, 0.1) is 5.82 Å². The fraction of sp³-hybridized carbons (Fsp3) is 0.538. The summed E-state index contributed by atoms with van der Waals surface area (Å²) in [5.74, 6) is 0.474. The van der Waals surface area contributed by atoms with Gasteiger partial charge >= 0.3 is 0 Å². The van der Waals surface area contributed by atoms with Crippen molar-refractivity contribution < 1.29 is 13.9 Å². The fourth-order valence-corrected chi connectivity index (χ4v) is 2.18. The smallest absolute Gasteiger partial charge is 0.123 e. The van der Waals surface area contributed by atoms with Gasteiger partial charge in [0.15, 0.2) is 0 Å². The number of halogens is 1. The van der Waals surface area contributed by atoms with Crippen LogP contribution >= 0.6 is 0 Å². The van der Waals surface area contributed by atoms with E-state index in [0.29, 0.717) is 25.4 Å². The SMILES string of the molecule is COc1ccc(F)cc1CN1CCOC(CN)C1. The molecule has 1 aromatic rings. The second kappa shape index (κ2) is 6.13. The molecule has 1 heterocycles. The number of nitrogens with two attached hydrogens (primary N) is 1. The fourth-order valence-electron chi connectivity index (χ4n) is 2.18. The first-order chi connectivity index (χ1) is 8.72. The summed E-state index contributed by atoms with van der Waals surface area (Å²) in [4.78, 5) is 2.21. The first-order valence-electron chi connectivity index (χ1n) is 6.09. The summed E-state index contributed by atoms with van der Waals surface area (Å²) < 4.78 is 24.0. The average molecular weight is 254 g/mol. The van der Waals surface area contributed by atoms with E-state index in [1.807, 2.05) is 0 Å². The molecule has 1 saturated heterocycles. The molecule has 1 fully saturated rings. The number of ether oxygens (including phenoxy) is 2. The summed E-state index contributed by atoms with van der Waals surface area (Å²) in [5.41, 5.74) is 6.46. The molecule has 100 valence electrons. The van der Waals surface area contributed by atoms with Crippen LogP contribution in [0.5, 0.6) is 5.75 Å². The molecular formula is C13H19FN2O2. The Morgan fingerprint density at radius 1 is 1.56 bits per heavy atom. The molecule has 1 aliphatic heterocycles. The number of hydrogen-bond acceptors (Lipinski definition) is 4. The zero-order chi connectivity index (χ0) is 13.0. The third-order valence-corrected chi connectivity index (χ3v) is 3.12. The molecule has 0 radical (unpaired) electrons. The van der Waals surface area contributed by atoms with Gasteiger partial charge in [0.25, 0.3) is 0 Å². The first-order valence-corrected chi connectivity index (χ1v) is 6.09. The van der Waals surface area contributed by atoms with Crippen molar-refractivity contribution in [3.63, 3.8) is 0 Å². The van der Waals surface area contributed by atoms with Crippen molar-refractivity contribution >= 4 is 0 Å². The Balaban J connectivity index is 2.06. The maximum absolute atomic E-state index is 13.3. The average Bonchev–Trinajstić information content (AvgIpc) is 2.39.